The summed E-state index contributed by atoms with van der Waals surface area (Å²) in [6, 6.07) is 0. The first-order valence-electron chi connectivity index (χ1n) is 4.62. The Labute approximate surface area is 93.7 Å². The number of rotatable bonds is 3. The maximum atomic E-state index is 11.8. The SMILES string of the molecule is FC(F)(F)COCc1ncc2nccnc2n1. The molecular formula is C9H7F3N4O. The zero-order valence-electron chi connectivity index (χ0n) is 8.48. The summed E-state index contributed by atoms with van der Waals surface area (Å²) in [5.74, 6) is 0.141. The number of fused-ring (bicyclic) bond motifs is 1. The summed E-state index contributed by atoms with van der Waals surface area (Å²) in [4.78, 5) is 15.6. The molecule has 0 fully saturated rings. The standard InChI is InChI=1S/C9H7F3N4O/c10-9(11,12)5-17-4-7-15-3-6-8(16-7)14-2-1-13-6/h1-3H,4-5H2. The van der Waals surface area contributed by atoms with Crippen molar-refractivity contribution in [2.75, 3.05) is 6.61 Å². The topological polar surface area (TPSA) is 60.8 Å². The van der Waals surface area contributed by atoms with Crippen LogP contribution in [0.4, 0.5) is 13.2 Å². The van der Waals surface area contributed by atoms with Gasteiger partial charge in [0.1, 0.15) is 18.7 Å². The van der Waals surface area contributed by atoms with E-state index in [4.69, 9.17) is 0 Å². The molecule has 0 aliphatic carbocycles. The van der Waals surface area contributed by atoms with Crippen LogP contribution in [0.1, 0.15) is 5.82 Å². The predicted octanol–water partition coefficient (Wildman–Crippen LogP) is 1.50. The lowest BCUT2D eigenvalue weighted by molar-refractivity contribution is -0.177. The number of alkyl halides is 3. The molecule has 8 heteroatoms. The van der Waals surface area contributed by atoms with Gasteiger partial charge in [-0.25, -0.2) is 19.9 Å². The molecule has 90 valence electrons. The lowest BCUT2D eigenvalue weighted by atomic mass is 10.5. The second-order valence-electron chi connectivity index (χ2n) is 3.16. The fraction of sp³-hybridized carbons (Fsp3) is 0.333. The van der Waals surface area contributed by atoms with E-state index in [1.165, 1.54) is 18.6 Å². The molecule has 0 spiro atoms. The monoisotopic (exact) mass is 244 g/mol. The number of ether oxygens (including phenoxy) is 1. The van der Waals surface area contributed by atoms with E-state index < -0.39 is 12.8 Å². The first-order chi connectivity index (χ1) is 8.04. The molecule has 0 aromatic carbocycles. The summed E-state index contributed by atoms with van der Waals surface area (Å²) in [5.41, 5.74) is 0.806. The zero-order chi connectivity index (χ0) is 12.3. The zero-order valence-corrected chi connectivity index (χ0v) is 8.48. The molecule has 0 radical (unpaired) electrons. The third kappa shape index (κ3) is 3.31. The first-order valence-corrected chi connectivity index (χ1v) is 4.62. The van der Waals surface area contributed by atoms with Crippen LogP contribution in [0, 0.1) is 0 Å². The summed E-state index contributed by atoms with van der Waals surface area (Å²) in [7, 11) is 0. The molecule has 0 N–H and O–H groups in total. The van der Waals surface area contributed by atoms with Gasteiger partial charge < -0.3 is 4.74 Å². The summed E-state index contributed by atoms with van der Waals surface area (Å²) in [6.45, 7) is -1.64. The van der Waals surface area contributed by atoms with E-state index >= 15 is 0 Å². The molecule has 0 aliphatic heterocycles. The molecule has 0 unspecified atom stereocenters. The molecule has 0 bridgehead atoms. The van der Waals surface area contributed by atoms with E-state index in [1.54, 1.807) is 0 Å². The van der Waals surface area contributed by atoms with Crippen molar-refractivity contribution in [3.05, 3.63) is 24.4 Å². The van der Waals surface area contributed by atoms with Crippen LogP contribution in [0.3, 0.4) is 0 Å². The second-order valence-corrected chi connectivity index (χ2v) is 3.16. The molecule has 0 saturated heterocycles. The molecule has 0 amide bonds. The molecule has 0 atom stereocenters. The largest absolute Gasteiger partial charge is 0.411 e. The van der Waals surface area contributed by atoms with Crippen LogP contribution in [0.15, 0.2) is 18.6 Å². The normalized spacial score (nSPS) is 11.9. The number of aromatic nitrogens is 4. The average molecular weight is 244 g/mol. The van der Waals surface area contributed by atoms with E-state index in [9.17, 15) is 13.2 Å². The molecule has 0 saturated carbocycles. The van der Waals surface area contributed by atoms with Crippen LogP contribution in [-0.2, 0) is 11.3 Å². The molecule has 17 heavy (non-hydrogen) atoms. The van der Waals surface area contributed by atoms with Gasteiger partial charge >= 0.3 is 6.18 Å². The van der Waals surface area contributed by atoms with Crippen molar-refractivity contribution in [3.8, 4) is 0 Å². The summed E-state index contributed by atoms with van der Waals surface area (Å²) >= 11 is 0. The van der Waals surface area contributed by atoms with Crippen molar-refractivity contribution in [1.82, 2.24) is 19.9 Å². The predicted molar refractivity (Wildman–Crippen MR) is 50.8 cm³/mol. The highest BCUT2D eigenvalue weighted by Gasteiger charge is 2.27. The number of hydrogen-bond donors (Lipinski definition) is 0. The highest BCUT2D eigenvalue weighted by atomic mass is 19.4. The van der Waals surface area contributed by atoms with Gasteiger partial charge in [0, 0.05) is 12.4 Å². The molecule has 0 aliphatic rings. The van der Waals surface area contributed by atoms with Gasteiger partial charge in [0.15, 0.2) is 11.5 Å². The summed E-state index contributed by atoms with van der Waals surface area (Å²) in [5, 5.41) is 0. The van der Waals surface area contributed by atoms with Crippen molar-refractivity contribution in [2.24, 2.45) is 0 Å². The lowest BCUT2D eigenvalue weighted by Crippen LogP contribution is -2.17. The number of nitrogens with zero attached hydrogens (tertiary/aromatic N) is 4. The van der Waals surface area contributed by atoms with Crippen molar-refractivity contribution in [1.29, 1.82) is 0 Å². The third-order valence-corrected chi connectivity index (χ3v) is 1.77. The Morgan fingerprint density at radius 1 is 1.12 bits per heavy atom. The average Bonchev–Trinajstić information content (AvgIpc) is 2.27. The van der Waals surface area contributed by atoms with E-state index in [0.29, 0.717) is 11.2 Å². The smallest absolute Gasteiger partial charge is 0.364 e. The maximum absolute atomic E-state index is 11.8. The Morgan fingerprint density at radius 3 is 2.65 bits per heavy atom. The van der Waals surface area contributed by atoms with Crippen LogP contribution in [-0.4, -0.2) is 32.7 Å². The van der Waals surface area contributed by atoms with E-state index in [1.807, 2.05) is 0 Å². The maximum Gasteiger partial charge on any atom is 0.411 e. The molecule has 2 heterocycles. The van der Waals surface area contributed by atoms with Crippen molar-refractivity contribution in [3.63, 3.8) is 0 Å². The van der Waals surface area contributed by atoms with Crippen molar-refractivity contribution < 1.29 is 17.9 Å². The molecular weight excluding hydrogens is 237 g/mol. The van der Waals surface area contributed by atoms with E-state index in [0.717, 1.165) is 0 Å². The molecule has 5 nitrogen and oxygen atoms in total. The van der Waals surface area contributed by atoms with Gasteiger partial charge in [0.05, 0.1) is 6.20 Å². The minimum atomic E-state index is -4.35. The van der Waals surface area contributed by atoms with Gasteiger partial charge in [-0.05, 0) is 0 Å². The van der Waals surface area contributed by atoms with Crippen molar-refractivity contribution in [2.45, 2.75) is 12.8 Å². The summed E-state index contributed by atoms with van der Waals surface area (Å²) < 4.78 is 39.9. The second kappa shape index (κ2) is 4.58. The fourth-order valence-corrected chi connectivity index (χ4v) is 1.13. The van der Waals surface area contributed by atoms with E-state index in [2.05, 4.69) is 24.7 Å². The quantitative estimate of drug-likeness (QED) is 0.818. The molecule has 2 rings (SSSR count). The van der Waals surface area contributed by atoms with Crippen LogP contribution in [0.2, 0.25) is 0 Å². The Kier molecular flexibility index (Phi) is 3.14. The molecule has 2 aromatic heterocycles. The number of halogens is 3. The first kappa shape index (κ1) is 11.6. The van der Waals surface area contributed by atoms with Crippen molar-refractivity contribution >= 4 is 11.2 Å². The van der Waals surface area contributed by atoms with Gasteiger partial charge in [0.2, 0.25) is 0 Å². The number of hydrogen-bond acceptors (Lipinski definition) is 5. The molecule has 2 aromatic rings. The summed E-state index contributed by atoms with van der Waals surface area (Å²) in [6.07, 6.45) is -0.0422. The lowest BCUT2D eigenvalue weighted by Gasteiger charge is -2.06. The highest BCUT2D eigenvalue weighted by molar-refractivity contribution is 5.67. The van der Waals surface area contributed by atoms with Gasteiger partial charge in [-0.1, -0.05) is 0 Å². The van der Waals surface area contributed by atoms with Gasteiger partial charge in [-0.2, -0.15) is 13.2 Å². The minimum Gasteiger partial charge on any atom is -0.364 e. The van der Waals surface area contributed by atoms with E-state index in [-0.39, 0.29) is 12.4 Å². The van der Waals surface area contributed by atoms with Crippen LogP contribution in [0.25, 0.3) is 11.2 Å². The van der Waals surface area contributed by atoms with Crippen LogP contribution in [0.5, 0.6) is 0 Å². The van der Waals surface area contributed by atoms with Gasteiger partial charge in [0.25, 0.3) is 0 Å². The fourth-order valence-electron chi connectivity index (χ4n) is 1.13. The Hall–Kier alpha value is -1.83. The Morgan fingerprint density at radius 2 is 1.88 bits per heavy atom. The Bertz CT molecular complexity index is 517. The van der Waals surface area contributed by atoms with Crippen LogP contribution < -0.4 is 0 Å². The highest BCUT2D eigenvalue weighted by Crippen LogP contribution is 2.15. The minimum absolute atomic E-state index is 0.141. The van der Waals surface area contributed by atoms with Gasteiger partial charge in [-0.15, -0.1) is 0 Å². The Balaban J connectivity index is 2.04. The third-order valence-electron chi connectivity index (χ3n) is 1.77. The van der Waals surface area contributed by atoms with Gasteiger partial charge in [-0.3, -0.25) is 0 Å². The van der Waals surface area contributed by atoms with Crippen LogP contribution >= 0.6 is 0 Å².